The van der Waals surface area contributed by atoms with E-state index in [1.807, 2.05) is 0 Å². The van der Waals surface area contributed by atoms with Crippen LogP contribution in [0.4, 0.5) is 13.2 Å². The zero-order valence-electron chi connectivity index (χ0n) is 12.9. The molecule has 2 atom stereocenters. The predicted octanol–water partition coefficient (Wildman–Crippen LogP) is 0.0647. The molecule has 1 aromatic heterocycles. The minimum Gasteiger partial charge on any atom is -0.379 e. The molecule has 2 N–H and O–H groups in total. The molecule has 0 radical (unpaired) electrons. The normalized spacial score (nSPS) is 22.1. The van der Waals surface area contributed by atoms with E-state index >= 15 is 0 Å². The van der Waals surface area contributed by atoms with Crippen molar-refractivity contribution >= 4 is 15.9 Å². The fourth-order valence-electron chi connectivity index (χ4n) is 2.17. The highest BCUT2D eigenvalue weighted by Gasteiger charge is 2.36. The van der Waals surface area contributed by atoms with Crippen LogP contribution in [0, 0.1) is 5.92 Å². The van der Waals surface area contributed by atoms with Gasteiger partial charge in [-0.15, -0.1) is 0 Å². The van der Waals surface area contributed by atoms with Crippen molar-refractivity contribution in [2.24, 2.45) is 5.92 Å². The third-order valence-corrected chi connectivity index (χ3v) is 5.57. The third-order valence-electron chi connectivity index (χ3n) is 3.61. The van der Waals surface area contributed by atoms with Crippen LogP contribution < -0.4 is 5.32 Å². The maximum absolute atomic E-state index is 12.5. The Bertz CT molecular complexity index is 701. The molecule has 136 valence electrons. The summed E-state index contributed by atoms with van der Waals surface area (Å²) in [5.74, 6) is -1.56. The number of rotatable bonds is 5. The molecule has 2 rings (SSSR count). The first kappa shape index (κ1) is 18.7. The Morgan fingerprint density at radius 3 is 2.67 bits per heavy atom. The molecule has 0 aliphatic carbocycles. The predicted molar refractivity (Wildman–Crippen MR) is 76.6 cm³/mol. The third kappa shape index (κ3) is 4.24. The Morgan fingerprint density at radius 2 is 2.12 bits per heavy atom. The number of hydrogen-bond acceptors (Lipinski definition) is 5. The van der Waals surface area contributed by atoms with Gasteiger partial charge in [-0.1, -0.05) is 0 Å². The van der Waals surface area contributed by atoms with Gasteiger partial charge in [-0.25, -0.2) is 12.7 Å². The highest BCUT2D eigenvalue weighted by molar-refractivity contribution is 7.89. The number of halogens is 3. The second kappa shape index (κ2) is 6.69. The standard InChI is InChI=1S/C12H17F3N4O4S/c1-19(2)24(21,22)6-7-4-23-5-9(7)16-11(20)8-3-10(18-17-8)12(13,14)15/h3,7,9H,4-6H2,1-2H3,(H,16,20)(H,17,18)/t7-,9+/m0/s1. The van der Waals surface area contributed by atoms with Crippen molar-refractivity contribution in [3.63, 3.8) is 0 Å². The molecule has 8 nitrogen and oxygen atoms in total. The molecule has 24 heavy (non-hydrogen) atoms. The molecule has 0 spiro atoms. The summed E-state index contributed by atoms with van der Waals surface area (Å²) < 4.78 is 67.6. The summed E-state index contributed by atoms with van der Waals surface area (Å²) in [4.78, 5) is 12.0. The molecule has 0 unspecified atom stereocenters. The van der Waals surface area contributed by atoms with E-state index in [0.29, 0.717) is 6.07 Å². The number of amides is 1. The van der Waals surface area contributed by atoms with E-state index in [-0.39, 0.29) is 19.0 Å². The topological polar surface area (TPSA) is 104 Å². The Labute approximate surface area is 136 Å². The smallest absolute Gasteiger partial charge is 0.379 e. The fraction of sp³-hybridized carbons (Fsp3) is 0.667. The average Bonchev–Trinajstić information content (AvgIpc) is 3.07. The van der Waals surface area contributed by atoms with Crippen LogP contribution in [-0.4, -0.2) is 67.9 Å². The molecule has 1 saturated heterocycles. The molecule has 1 aromatic rings. The number of carbonyl (C=O) groups is 1. The number of alkyl halides is 3. The van der Waals surface area contributed by atoms with Gasteiger partial charge in [-0.3, -0.25) is 9.89 Å². The Hall–Kier alpha value is -1.66. The van der Waals surface area contributed by atoms with Crippen LogP contribution >= 0.6 is 0 Å². The van der Waals surface area contributed by atoms with Crippen molar-refractivity contribution in [1.82, 2.24) is 19.8 Å². The number of aromatic amines is 1. The molecule has 1 aliphatic rings. The summed E-state index contributed by atoms with van der Waals surface area (Å²) >= 11 is 0. The second-order valence-electron chi connectivity index (χ2n) is 5.60. The van der Waals surface area contributed by atoms with Gasteiger partial charge in [0, 0.05) is 26.1 Å². The van der Waals surface area contributed by atoms with Gasteiger partial charge in [0.25, 0.3) is 5.91 Å². The zero-order valence-corrected chi connectivity index (χ0v) is 13.7. The Morgan fingerprint density at radius 1 is 1.46 bits per heavy atom. The van der Waals surface area contributed by atoms with Crippen molar-refractivity contribution in [3.8, 4) is 0 Å². The summed E-state index contributed by atoms with van der Waals surface area (Å²) in [6.45, 7) is 0.211. The van der Waals surface area contributed by atoms with Crippen molar-refractivity contribution in [2.75, 3.05) is 33.1 Å². The number of ether oxygens (including phenoxy) is 1. The second-order valence-corrected chi connectivity index (χ2v) is 7.83. The summed E-state index contributed by atoms with van der Waals surface area (Å²) in [7, 11) is -0.719. The van der Waals surface area contributed by atoms with E-state index in [0.717, 1.165) is 4.31 Å². The minimum absolute atomic E-state index is 0.0793. The fourth-order valence-corrected chi connectivity index (χ4v) is 3.34. The molecule has 1 fully saturated rings. The van der Waals surface area contributed by atoms with Gasteiger partial charge in [0.05, 0.1) is 25.0 Å². The molecule has 0 bridgehead atoms. The van der Waals surface area contributed by atoms with Gasteiger partial charge >= 0.3 is 6.18 Å². The van der Waals surface area contributed by atoms with Gasteiger partial charge in [-0.2, -0.15) is 18.3 Å². The molecular weight excluding hydrogens is 353 g/mol. The molecule has 2 heterocycles. The van der Waals surface area contributed by atoms with Gasteiger partial charge in [0.2, 0.25) is 10.0 Å². The highest BCUT2D eigenvalue weighted by atomic mass is 32.2. The average molecular weight is 370 g/mol. The van der Waals surface area contributed by atoms with Gasteiger partial charge in [0.15, 0.2) is 5.69 Å². The number of sulfonamides is 1. The number of nitrogens with one attached hydrogen (secondary N) is 2. The number of carbonyl (C=O) groups excluding carboxylic acids is 1. The van der Waals surface area contributed by atoms with Crippen LogP contribution in [0.1, 0.15) is 16.2 Å². The minimum atomic E-state index is -4.63. The molecule has 12 heteroatoms. The van der Waals surface area contributed by atoms with Crippen molar-refractivity contribution in [3.05, 3.63) is 17.5 Å². The highest BCUT2D eigenvalue weighted by Crippen LogP contribution is 2.27. The summed E-state index contributed by atoms with van der Waals surface area (Å²) in [5, 5.41) is 7.55. The van der Waals surface area contributed by atoms with E-state index in [2.05, 4.69) is 10.4 Å². The maximum Gasteiger partial charge on any atom is 0.432 e. The van der Waals surface area contributed by atoms with E-state index in [1.165, 1.54) is 14.1 Å². The Kier molecular flexibility index (Phi) is 5.20. The first-order valence-electron chi connectivity index (χ1n) is 6.92. The molecule has 0 aromatic carbocycles. The monoisotopic (exact) mass is 370 g/mol. The van der Waals surface area contributed by atoms with E-state index in [9.17, 15) is 26.4 Å². The van der Waals surface area contributed by atoms with E-state index in [1.54, 1.807) is 5.10 Å². The van der Waals surface area contributed by atoms with E-state index in [4.69, 9.17) is 4.74 Å². The van der Waals surface area contributed by atoms with Crippen LogP contribution in [0.25, 0.3) is 0 Å². The zero-order chi connectivity index (χ0) is 18.1. The lowest BCUT2D eigenvalue weighted by atomic mass is 10.1. The van der Waals surface area contributed by atoms with Crippen LogP contribution in [0.5, 0.6) is 0 Å². The lowest BCUT2D eigenvalue weighted by Gasteiger charge is -2.20. The molecule has 1 aliphatic heterocycles. The SMILES string of the molecule is CN(C)S(=O)(=O)C[C@@H]1COC[C@H]1NC(=O)c1cc(C(F)(F)F)[nH]n1. The van der Waals surface area contributed by atoms with Crippen LogP contribution in [0.3, 0.4) is 0 Å². The van der Waals surface area contributed by atoms with Gasteiger partial charge in [-0.05, 0) is 0 Å². The number of nitrogens with zero attached hydrogens (tertiary/aromatic N) is 2. The van der Waals surface area contributed by atoms with Gasteiger partial charge in [0.1, 0.15) is 5.69 Å². The molecular formula is C12H17F3N4O4S. The summed E-state index contributed by atoms with van der Waals surface area (Å²) in [6.07, 6.45) is -4.63. The number of aromatic nitrogens is 2. The first-order valence-corrected chi connectivity index (χ1v) is 8.53. The van der Waals surface area contributed by atoms with E-state index < -0.39 is 45.5 Å². The lowest BCUT2D eigenvalue weighted by Crippen LogP contribution is -2.43. The van der Waals surface area contributed by atoms with Crippen LogP contribution in [0.2, 0.25) is 0 Å². The van der Waals surface area contributed by atoms with Crippen LogP contribution in [-0.2, 0) is 20.9 Å². The van der Waals surface area contributed by atoms with Crippen LogP contribution in [0.15, 0.2) is 6.07 Å². The van der Waals surface area contributed by atoms with Gasteiger partial charge < -0.3 is 10.1 Å². The van der Waals surface area contributed by atoms with Crippen molar-refractivity contribution < 1.29 is 31.1 Å². The Balaban J connectivity index is 2.04. The quantitative estimate of drug-likeness (QED) is 0.763. The largest absolute Gasteiger partial charge is 0.432 e. The number of hydrogen-bond donors (Lipinski definition) is 2. The molecule has 0 saturated carbocycles. The lowest BCUT2D eigenvalue weighted by molar-refractivity contribution is -0.141. The summed E-state index contributed by atoms with van der Waals surface area (Å²) in [5.41, 5.74) is -1.56. The first-order chi connectivity index (χ1) is 11.0. The number of H-pyrrole nitrogens is 1. The van der Waals surface area contributed by atoms with Crippen molar-refractivity contribution in [1.29, 1.82) is 0 Å². The summed E-state index contributed by atoms with van der Waals surface area (Å²) in [6, 6.07) is -0.0326. The maximum atomic E-state index is 12.5. The van der Waals surface area contributed by atoms with Crippen molar-refractivity contribution in [2.45, 2.75) is 12.2 Å². The molecule has 1 amide bonds.